The van der Waals surface area contributed by atoms with Crippen LogP contribution in [0.1, 0.15) is 44.2 Å². The third kappa shape index (κ3) is 3.11. The number of nitrogens with two attached hydrogens (primary N) is 1. The summed E-state index contributed by atoms with van der Waals surface area (Å²) in [5.41, 5.74) is 7.96. The van der Waals surface area contributed by atoms with E-state index < -0.39 is 0 Å². The van der Waals surface area contributed by atoms with Gasteiger partial charge in [0.15, 0.2) is 0 Å². The van der Waals surface area contributed by atoms with Gasteiger partial charge >= 0.3 is 0 Å². The standard InChI is InChI=1S/C19H23NO/c1-19(13-5-6-14-19)18(20)15-9-11-17(12-10-15)21-16-7-3-2-4-8-16/h2-4,7-12,18H,5-6,13-14,20H2,1H3. The molecule has 21 heavy (non-hydrogen) atoms. The van der Waals surface area contributed by atoms with Crippen LogP contribution in [0.5, 0.6) is 11.5 Å². The third-order valence-electron chi connectivity index (χ3n) is 4.71. The van der Waals surface area contributed by atoms with Crippen LogP contribution in [0.25, 0.3) is 0 Å². The van der Waals surface area contributed by atoms with Crippen LogP contribution in [-0.4, -0.2) is 0 Å². The molecular weight excluding hydrogens is 258 g/mol. The quantitative estimate of drug-likeness (QED) is 0.850. The van der Waals surface area contributed by atoms with Gasteiger partial charge in [-0.2, -0.15) is 0 Å². The molecule has 0 bridgehead atoms. The Kier molecular flexibility index (Phi) is 3.98. The van der Waals surface area contributed by atoms with Gasteiger partial charge in [-0.25, -0.2) is 0 Å². The second-order valence-corrected chi connectivity index (χ2v) is 6.32. The first-order chi connectivity index (χ1) is 10.2. The van der Waals surface area contributed by atoms with Crippen LogP contribution in [0.3, 0.4) is 0 Å². The van der Waals surface area contributed by atoms with Gasteiger partial charge in [-0.15, -0.1) is 0 Å². The second kappa shape index (κ2) is 5.90. The van der Waals surface area contributed by atoms with Gasteiger partial charge < -0.3 is 10.5 Å². The van der Waals surface area contributed by atoms with Crippen LogP contribution >= 0.6 is 0 Å². The van der Waals surface area contributed by atoms with E-state index in [2.05, 4.69) is 19.1 Å². The van der Waals surface area contributed by atoms with Gasteiger partial charge in [-0.1, -0.05) is 50.1 Å². The average Bonchev–Trinajstić information content (AvgIpc) is 2.96. The number of hydrogen-bond donors (Lipinski definition) is 1. The Bertz CT molecular complexity index is 570. The van der Waals surface area contributed by atoms with Crippen LogP contribution in [0.4, 0.5) is 0 Å². The maximum Gasteiger partial charge on any atom is 0.127 e. The number of para-hydroxylation sites is 1. The predicted molar refractivity (Wildman–Crippen MR) is 86.5 cm³/mol. The molecule has 2 aromatic rings. The number of benzene rings is 2. The lowest BCUT2D eigenvalue weighted by atomic mass is 9.78. The predicted octanol–water partition coefficient (Wildman–Crippen LogP) is 5.06. The summed E-state index contributed by atoms with van der Waals surface area (Å²) >= 11 is 0. The lowest BCUT2D eigenvalue weighted by molar-refractivity contribution is 0.265. The van der Waals surface area contributed by atoms with Crippen molar-refractivity contribution in [1.29, 1.82) is 0 Å². The van der Waals surface area contributed by atoms with E-state index >= 15 is 0 Å². The Labute approximate surface area is 126 Å². The van der Waals surface area contributed by atoms with Gasteiger partial charge in [0.2, 0.25) is 0 Å². The summed E-state index contributed by atoms with van der Waals surface area (Å²) in [6, 6.07) is 18.2. The van der Waals surface area contributed by atoms with Crippen molar-refractivity contribution < 1.29 is 4.74 Å². The molecule has 1 saturated carbocycles. The highest BCUT2D eigenvalue weighted by Crippen LogP contribution is 2.46. The summed E-state index contributed by atoms with van der Waals surface area (Å²) in [6.07, 6.45) is 5.08. The van der Waals surface area contributed by atoms with Crippen LogP contribution in [0.15, 0.2) is 54.6 Å². The second-order valence-electron chi connectivity index (χ2n) is 6.32. The molecule has 1 fully saturated rings. The van der Waals surface area contributed by atoms with E-state index in [1.54, 1.807) is 0 Å². The van der Waals surface area contributed by atoms with E-state index in [0.717, 1.165) is 11.5 Å². The third-order valence-corrected chi connectivity index (χ3v) is 4.71. The zero-order chi connectivity index (χ0) is 14.7. The molecule has 3 rings (SSSR count). The molecule has 1 aliphatic carbocycles. The highest BCUT2D eigenvalue weighted by Gasteiger charge is 2.35. The Morgan fingerprint density at radius 2 is 1.48 bits per heavy atom. The summed E-state index contributed by atoms with van der Waals surface area (Å²) in [4.78, 5) is 0. The summed E-state index contributed by atoms with van der Waals surface area (Å²) in [6.45, 7) is 2.32. The first kappa shape index (κ1) is 14.2. The molecule has 110 valence electrons. The van der Waals surface area contributed by atoms with Crippen LogP contribution < -0.4 is 10.5 Å². The van der Waals surface area contributed by atoms with Gasteiger partial charge in [-0.05, 0) is 48.1 Å². The smallest absolute Gasteiger partial charge is 0.127 e. The largest absolute Gasteiger partial charge is 0.457 e. The first-order valence-electron chi connectivity index (χ1n) is 7.76. The molecule has 0 radical (unpaired) electrons. The summed E-state index contributed by atoms with van der Waals surface area (Å²) in [7, 11) is 0. The van der Waals surface area contributed by atoms with E-state index in [1.165, 1.54) is 31.2 Å². The van der Waals surface area contributed by atoms with Crippen molar-refractivity contribution in [3.8, 4) is 11.5 Å². The topological polar surface area (TPSA) is 35.2 Å². The molecule has 0 saturated heterocycles. The Morgan fingerprint density at radius 3 is 2.10 bits per heavy atom. The fraction of sp³-hybridized carbons (Fsp3) is 0.368. The van der Waals surface area contributed by atoms with Crippen molar-refractivity contribution in [2.75, 3.05) is 0 Å². The molecule has 2 heteroatoms. The molecule has 0 aliphatic heterocycles. The van der Waals surface area contributed by atoms with Crippen LogP contribution in [0.2, 0.25) is 0 Å². The van der Waals surface area contributed by atoms with E-state index in [4.69, 9.17) is 10.5 Å². The Morgan fingerprint density at radius 1 is 0.905 bits per heavy atom. The van der Waals surface area contributed by atoms with Crippen molar-refractivity contribution in [2.45, 2.75) is 38.6 Å². The zero-order valence-electron chi connectivity index (χ0n) is 12.6. The van der Waals surface area contributed by atoms with Crippen molar-refractivity contribution in [1.82, 2.24) is 0 Å². The molecular formula is C19H23NO. The fourth-order valence-electron chi connectivity index (χ4n) is 3.26. The van der Waals surface area contributed by atoms with Crippen LogP contribution in [-0.2, 0) is 0 Å². The lowest BCUT2D eigenvalue weighted by Gasteiger charge is -2.31. The first-order valence-corrected chi connectivity index (χ1v) is 7.76. The van der Waals surface area contributed by atoms with Crippen LogP contribution in [0, 0.1) is 5.41 Å². The monoisotopic (exact) mass is 281 g/mol. The lowest BCUT2D eigenvalue weighted by Crippen LogP contribution is -2.29. The highest BCUT2D eigenvalue weighted by molar-refractivity contribution is 5.34. The van der Waals surface area contributed by atoms with Gasteiger partial charge in [0, 0.05) is 6.04 Å². The molecule has 0 amide bonds. The maximum atomic E-state index is 6.50. The van der Waals surface area contributed by atoms with Gasteiger partial charge in [-0.3, -0.25) is 0 Å². The van der Waals surface area contributed by atoms with Crippen molar-refractivity contribution >= 4 is 0 Å². The van der Waals surface area contributed by atoms with Gasteiger partial charge in [0.25, 0.3) is 0 Å². The Balaban J connectivity index is 1.72. The molecule has 2 nitrogen and oxygen atoms in total. The normalized spacial score (nSPS) is 18.4. The molecule has 0 spiro atoms. The Hall–Kier alpha value is -1.80. The van der Waals surface area contributed by atoms with E-state index in [1.807, 2.05) is 42.5 Å². The van der Waals surface area contributed by atoms with Crippen molar-refractivity contribution in [3.63, 3.8) is 0 Å². The minimum atomic E-state index is 0.116. The number of rotatable bonds is 4. The zero-order valence-corrected chi connectivity index (χ0v) is 12.6. The van der Waals surface area contributed by atoms with E-state index in [0.29, 0.717) is 0 Å². The minimum Gasteiger partial charge on any atom is -0.457 e. The highest BCUT2D eigenvalue weighted by atomic mass is 16.5. The van der Waals surface area contributed by atoms with Crippen molar-refractivity contribution in [3.05, 3.63) is 60.2 Å². The SMILES string of the molecule is CC1(C(N)c2ccc(Oc3ccccc3)cc2)CCCC1. The fourth-order valence-corrected chi connectivity index (χ4v) is 3.26. The van der Waals surface area contributed by atoms with Gasteiger partial charge in [0.05, 0.1) is 0 Å². The average molecular weight is 281 g/mol. The van der Waals surface area contributed by atoms with E-state index in [9.17, 15) is 0 Å². The molecule has 2 aromatic carbocycles. The molecule has 2 N–H and O–H groups in total. The van der Waals surface area contributed by atoms with E-state index in [-0.39, 0.29) is 11.5 Å². The summed E-state index contributed by atoms with van der Waals surface area (Å²) < 4.78 is 5.82. The minimum absolute atomic E-state index is 0.116. The number of ether oxygens (including phenoxy) is 1. The molecule has 1 aliphatic rings. The maximum absolute atomic E-state index is 6.50. The molecule has 0 heterocycles. The van der Waals surface area contributed by atoms with Gasteiger partial charge in [0.1, 0.15) is 11.5 Å². The molecule has 0 aromatic heterocycles. The number of hydrogen-bond acceptors (Lipinski definition) is 2. The van der Waals surface area contributed by atoms with Crippen molar-refractivity contribution in [2.24, 2.45) is 11.1 Å². The molecule has 1 unspecified atom stereocenters. The summed E-state index contributed by atoms with van der Waals surface area (Å²) in [5, 5.41) is 0. The molecule has 1 atom stereocenters. The summed E-state index contributed by atoms with van der Waals surface area (Å²) in [5.74, 6) is 1.71.